The zero-order chi connectivity index (χ0) is 21.8. The Morgan fingerprint density at radius 1 is 1.13 bits per heavy atom. The Hall–Kier alpha value is -2.18. The lowest BCUT2D eigenvalue weighted by atomic mass is 10.1. The first-order chi connectivity index (χ1) is 14.3. The molecule has 6 heteroatoms. The van der Waals surface area contributed by atoms with E-state index in [0.29, 0.717) is 0 Å². The van der Waals surface area contributed by atoms with Crippen LogP contribution in [-0.2, 0) is 0 Å². The normalized spacial score (nSPS) is 14.0. The van der Waals surface area contributed by atoms with Gasteiger partial charge in [-0.3, -0.25) is 0 Å². The number of rotatable bonds is 8. The molecule has 1 aromatic heterocycles. The van der Waals surface area contributed by atoms with Crippen molar-refractivity contribution in [1.82, 2.24) is 14.8 Å². The van der Waals surface area contributed by atoms with E-state index in [2.05, 4.69) is 96.7 Å². The third-order valence-electron chi connectivity index (χ3n) is 5.67. The van der Waals surface area contributed by atoms with E-state index in [1.807, 2.05) is 6.20 Å². The average molecular weight is 426 g/mol. The summed E-state index contributed by atoms with van der Waals surface area (Å²) in [5, 5.41) is 0. The van der Waals surface area contributed by atoms with Gasteiger partial charge in [-0.05, 0) is 63.5 Å². The SMILES string of the molecule is C=C(c1ccc(N(C)CCN(C)C)cc1SC)N1CCN(c2ncc(C)cc2C)C1. The number of pyridine rings is 1. The first kappa shape index (κ1) is 22.5. The molecule has 1 saturated heterocycles. The molecule has 1 aromatic carbocycles. The molecule has 30 heavy (non-hydrogen) atoms. The molecule has 0 atom stereocenters. The maximum Gasteiger partial charge on any atom is 0.132 e. The summed E-state index contributed by atoms with van der Waals surface area (Å²) in [6, 6.07) is 8.95. The third-order valence-corrected chi connectivity index (χ3v) is 6.45. The predicted octanol–water partition coefficient (Wildman–Crippen LogP) is 4.17. The largest absolute Gasteiger partial charge is 0.373 e. The van der Waals surface area contributed by atoms with Crippen LogP contribution in [0.3, 0.4) is 0 Å². The maximum absolute atomic E-state index is 4.68. The van der Waals surface area contributed by atoms with Crippen molar-refractivity contribution in [3.05, 3.63) is 53.7 Å². The van der Waals surface area contributed by atoms with Crippen molar-refractivity contribution < 1.29 is 0 Å². The number of anilines is 2. The minimum absolute atomic E-state index is 0.827. The Morgan fingerprint density at radius 3 is 2.57 bits per heavy atom. The molecular weight excluding hydrogens is 390 g/mol. The lowest BCUT2D eigenvalue weighted by Crippen LogP contribution is -2.28. The molecule has 1 aliphatic heterocycles. The summed E-state index contributed by atoms with van der Waals surface area (Å²) in [6.45, 7) is 13.5. The van der Waals surface area contributed by atoms with Crippen LogP contribution < -0.4 is 9.80 Å². The van der Waals surface area contributed by atoms with Crippen LogP contribution in [0.15, 0.2) is 41.9 Å². The summed E-state index contributed by atoms with van der Waals surface area (Å²) < 4.78 is 0. The number of thioether (sulfide) groups is 1. The predicted molar refractivity (Wildman–Crippen MR) is 132 cm³/mol. The summed E-state index contributed by atoms with van der Waals surface area (Å²) in [4.78, 5) is 15.2. The van der Waals surface area contributed by atoms with Gasteiger partial charge < -0.3 is 19.6 Å². The van der Waals surface area contributed by atoms with Gasteiger partial charge in [0.05, 0.1) is 6.67 Å². The number of hydrogen-bond donors (Lipinski definition) is 0. The van der Waals surface area contributed by atoms with Crippen molar-refractivity contribution in [1.29, 1.82) is 0 Å². The van der Waals surface area contributed by atoms with Gasteiger partial charge in [0.25, 0.3) is 0 Å². The van der Waals surface area contributed by atoms with Crippen molar-refractivity contribution in [2.75, 3.05) is 70.0 Å². The Morgan fingerprint density at radius 2 is 1.90 bits per heavy atom. The van der Waals surface area contributed by atoms with Crippen molar-refractivity contribution in [2.24, 2.45) is 0 Å². The van der Waals surface area contributed by atoms with Crippen molar-refractivity contribution >= 4 is 29.0 Å². The standard InChI is InChI=1S/C24H35N5S/c1-18-14-19(2)24(25-16-18)29-13-12-28(17-29)20(3)22-9-8-21(15-23(22)30-7)27(6)11-10-26(4)5/h8-9,14-16H,3,10-13,17H2,1-2,4-7H3. The highest BCUT2D eigenvalue weighted by molar-refractivity contribution is 7.98. The second-order valence-corrected chi connectivity index (χ2v) is 9.23. The quantitative estimate of drug-likeness (QED) is 0.589. The zero-order valence-electron chi connectivity index (χ0n) is 19.3. The van der Waals surface area contributed by atoms with Gasteiger partial charge in [-0.25, -0.2) is 4.98 Å². The van der Waals surface area contributed by atoms with E-state index < -0.39 is 0 Å². The van der Waals surface area contributed by atoms with E-state index in [9.17, 15) is 0 Å². The van der Waals surface area contributed by atoms with Crippen molar-refractivity contribution in [3.8, 4) is 0 Å². The number of aryl methyl sites for hydroxylation is 2. The highest BCUT2D eigenvalue weighted by atomic mass is 32.2. The minimum atomic E-state index is 0.827. The van der Waals surface area contributed by atoms with Crippen LogP contribution in [0.4, 0.5) is 11.5 Å². The first-order valence-corrected chi connectivity index (χ1v) is 11.7. The maximum atomic E-state index is 4.68. The van der Waals surface area contributed by atoms with Gasteiger partial charge >= 0.3 is 0 Å². The number of hydrogen-bond acceptors (Lipinski definition) is 6. The van der Waals surface area contributed by atoms with E-state index in [1.54, 1.807) is 11.8 Å². The molecule has 3 rings (SSSR count). The smallest absolute Gasteiger partial charge is 0.132 e. The molecule has 1 fully saturated rings. The van der Waals surface area contributed by atoms with Crippen LogP contribution in [0.1, 0.15) is 16.7 Å². The van der Waals surface area contributed by atoms with Gasteiger partial charge in [-0.2, -0.15) is 0 Å². The van der Waals surface area contributed by atoms with Crippen LogP contribution in [0, 0.1) is 13.8 Å². The topological polar surface area (TPSA) is 25.9 Å². The van der Waals surface area contributed by atoms with Crippen molar-refractivity contribution in [3.63, 3.8) is 0 Å². The number of likely N-dealkylation sites (N-methyl/N-ethyl adjacent to an activating group) is 2. The van der Waals surface area contributed by atoms with Crippen molar-refractivity contribution in [2.45, 2.75) is 18.7 Å². The molecule has 162 valence electrons. The fraction of sp³-hybridized carbons (Fsp3) is 0.458. The number of aromatic nitrogens is 1. The highest BCUT2D eigenvalue weighted by Crippen LogP contribution is 2.33. The van der Waals surface area contributed by atoms with E-state index in [4.69, 9.17) is 0 Å². The zero-order valence-corrected chi connectivity index (χ0v) is 20.1. The lowest BCUT2D eigenvalue weighted by Gasteiger charge is -2.26. The molecule has 0 spiro atoms. The highest BCUT2D eigenvalue weighted by Gasteiger charge is 2.25. The van der Waals surface area contributed by atoms with E-state index in [1.165, 1.54) is 27.3 Å². The van der Waals surface area contributed by atoms with Crippen LogP contribution in [0.25, 0.3) is 5.70 Å². The molecule has 0 unspecified atom stereocenters. The molecule has 0 aliphatic carbocycles. The average Bonchev–Trinajstić information content (AvgIpc) is 3.20. The monoisotopic (exact) mass is 425 g/mol. The molecule has 0 bridgehead atoms. The fourth-order valence-corrected chi connectivity index (χ4v) is 4.47. The lowest BCUT2D eigenvalue weighted by molar-refractivity contribution is 0.416. The summed E-state index contributed by atoms with van der Waals surface area (Å²) in [5.41, 5.74) is 6.01. The van der Waals surface area contributed by atoms with Gasteiger partial charge in [0.15, 0.2) is 0 Å². The molecule has 0 N–H and O–H groups in total. The van der Waals surface area contributed by atoms with E-state index in [-0.39, 0.29) is 0 Å². The third kappa shape index (κ3) is 5.10. The summed E-state index contributed by atoms with van der Waals surface area (Å²) in [5.74, 6) is 1.08. The van der Waals surface area contributed by atoms with Gasteiger partial charge in [0.2, 0.25) is 0 Å². The minimum Gasteiger partial charge on any atom is -0.373 e. The Labute approximate surface area is 186 Å². The Kier molecular flexibility index (Phi) is 7.32. The molecule has 2 heterocycles. The van der Waals surface area contributed by atoms with Gasteiger partial charge in [-0.1, -0.05) is 12.6 Å². The molecule has 0 saturated carbocycles. The molecule has 0 radical (unpaired) electrons. The van der Waals surface area contributed by atoms with Crippen LogP contribution >= 0.6 is 11.8 Å². The molecule has 0 amide bonds. The molecule has 2 aromatic rings. The summed E-state index contributed by atoms with van der Waals surface area (Å²) in [7, 11) is 6.38. The number of benzene rings is 1. The van der Waals surface area contributed by atoms with Gasteiger partial charge in [0, 0.05) is 61.3 Å². The first-order valence-electron chi connectivity index (χ1n) is 10.5. The van der Waals surface area contributed by atoms with Crippen LogP contribution in [0.5, 0.6) is 0 Å². The van der Waals surface area contributed by atoms with E-state index in [0.717, 1.165) is 44.4 Å². The fourth-order valence-electron chi connectivity index (χ4n) is 3.83. The molecule has 1 aliphatic rings. The summed E-state index contributed by atoms with van der Waals surface area (Å²) in [6.07, 6.45) is 4.10. The molecular formula is C24H35N5S. The van der Waals surface area contributed by atoms with E-state index >= 15 is 0 Å². The van der Waals surface area contributed by atoms with Gasteiger partial charge in [-0.15, -0.1) is 11.8 Å². The Bertz CT molecular complexity index is 895. The summed E-state index contributed by atoms with van der Waals surface area (Å²) >= 11 is 1.79. The second-order valence-electron chi connectivity index (χ2n) is 8.38. The van der Waals surface area contributed by atoms with Crippen LogP contribution in [-0.4, -0.2) is 75.0 Å². The molecule has 5 nitrogen and oxygen atoms in total. The van der Waals surface area contributed by atoms with Gasteiger partial charge in [0.1, 0.15) is 5.82 Å². The second kappa shape index (κ2) is 9.75. The number of nitrogens with zero attached hydrogens (tertiary/aromatic N) is 5. The van der Waals surface area contributed by atoms with Crippen LogP contribution in [0.2, 0.25) is 0 Å². The Balaban J connectivity index is 1.73.